The largest absolute Gasteiger partial charge is 0.379 e. The highest BCUT2D eigenvalue weighted by atomic mass is 19.1. The molecular formula is C18H22F3N7O. The number of aliphatic hydroxyl groups excluding tert-OH is 1. The molecule has 2 aromatic heterocycles. The maximum absolute atomic E-state index is 14.1. The summed E-state index contributed by atoms with van der Waals surface area (Å²) in [5.41, 5.74) is 5.68. The van der Waals surface area contributed by atoms with Crippen LogP contribution in [0.4, 0.5) is 30.8 Å². The van der Waals surface area contributed by atoms with Crippen molar-refractivity contribution in [3.63, 3.8) is 0 Å². The molecule has 29 heavy (non-hydrogen) atoms. The van der Waals surface area contributed by atoms with E-state index in [2.05, 4.69) is 25.6 Å². The minimum atomic E-state index is -1.12. The fraction of sp³-hybridized carbons (Fsp3) is 0.389. The van der Waals surface area contributed by atoms with Crippen molar-refractivity contribution in [3.8, 4) is 0 Å². The number of rotatable bonds is 7. The van der Waals surface area contributed by atoms with E-state index in [0.29, 0.717) is 29.2 Å². The van der Waals surface area contributed by atoms with Gasteiger partial charge in [-0.25, -0.2) is 23.1 Å². The maximum atomic E-state index is 14.1. The van der Waals surface area contributed by atoms with Gasteiger partial charge in [0.25, 0.3) is 0 Å². The highest BCUT2D eigenvalue weighted by Gasteiger charge is 2.22. The number of imidazole rings is 1. The molecule has 0 aliphatic rings. The fourth-order valence-corrected chi connectivity index (χ4v) is 2.95. The van der Waals surface area contributed by atoms with E-state index >= 15 is 0 Å². The van der Waals surface area contributed by atoms with Crippen molar-refractivity contribution >= 4 is 28.7 Å². The van der Waals surface area contributed by atoms with E-state index in [4.69, 9.17) is 5.73 Å². The van der Waals surface area contributed by atoms with E-state index in [1.165, 1.54) is 6.20 Å². The van der Waals surface area contributed by atoms with Crippen LogP contribution in [0.1, 0.15) is 33.2 Å². The van der Waals surface area contributed by atoms with Crippen LogP contribution in [0.3, 0.4) is 0 Å². The van der Waals surface area contributed by atoms with Crippen LogP contribution in [0.25, 0.3) is 11.2 Å². The Labute approximate surface area is 165 Å². The number of hydrogen-bond acceptors (Lipinski definition) is 7. The molecule has 0 saturated carbocycles. The van der Waals surface area contributed by atoms with E-state index in [1.807, 2.05) is 13.8 Å². The van der Waals surface area contributed by atoms with Crippen molar-refractivity contribution in [1.29, 1.82) is 0 Å². The van der Waals surface area contributed by atoms with Crippen molar-refractivity contribution in [2.45, 2.75) is 45.5 Å². The average Bonchev–Trinajstić information content (AvgIpc) is 2.94. The van der Waals surface area contributed by atoms with Crippen LogP contribution in [-0.2, 0) is 0 Å². The molecule has 0 fully saturated rings. The Balaban J connectivity index is 2.12. The maximum Gasteiger partial charge on any atom is 0.224 e. The number of anilines is 3. The SMILES string of the molecule is CC(C)Nc1ncc2nc(Nc3c(F)cc(F)cc3F)n([C@@H](C)CC(N)O)c2n1. The first kappa shape index (κ1) is 20.8. The number of nitrogens with one attached hydrogen (secondary N) is 2. The Bertz CT molecular complexity index is 999. The van der Waals surface area contributed by atoms with Gasteiger partial charge in [-0.1, -0.05) is 0 Å². The molecule has 0 spiro atoms. The first-order valence-electron chi connectivity index (χ1n) is 9.02. The predicted molar refractivity (Wildman–Crippen MR) is 103 cm³/mol. The van der Waals surface area contributed by atoms with Gasteiger partial charge in [0.2, 0.25) is 11.9 Å². The molecule has 1 unspecified atom stereocenters. The first-order valence-corrected chi connectivity index (χ1v) is 9.02. The van der Waals surface area contributed by atoms with Crippen LogP contribution in [-0.4, -0.2) is 36.9 Å². The van der Waals surface area contributed by atoms with E-state index in [1.54, 1.807) is 11.5 Å². The zero-order valence-electron chi connectivity index (χ0n) is 16.1. The molecule has 0 bridgehead atoms. The van der Waals surface area contributed by atoms with Crippen LogP contribution >= 0.6 is 0 Å². The summed E-state index contributed by atoms with van der Waals surface area (Å²) in [7, 11) is 0. The molecular weight excluding hydrogens is 387 g/mol. The molecule has 1 aromatic carbocycles. The minimum Gasteiger partial charge on any atom is -0.379 e. The number of nitrogens with two attached hydrogens (primary N) is 1. The Hall–Kier alpha value is -2.92. The molecule has 0 radical (unpaired) electrons. The third kappa shape index (κ3) is 4.57. The predicted octanol–water partition coefficient (Wildman–Crippen LogP) is 3.04. The van der Waals surface area contributed by atoms with E-state index in [-0.39, 0.29) is 18.4 Å². The topological polar surface area (TPSA) is 114 Å². The van der Waals surface area contributed by atoms with Gasteiger partial charge < -0.3 is 21.5 Å². The summed E-state index contributed by atoms with van der Waals surface area (Å²) in [5, 5.41) is 15.2. The van der Waals surface area contributed by atoms with Gasteiger partial charge in [-0.05, 0) is 20.8 Å². The molecule has 5 N–H and O–H groups in total. The highest BCUT2D eigenvalue weighted by Crippen LogP contribution is 2.30. The zero-order valence-corrected chi connectivity index (χ0v) is 16.1. The molecule has 2 atom stereocenters. The molecule has 2 heterocycles. The normalized spacial score (nSPS) is 13.7. The Kier molecular flexibility index (Phi) is 5.89. The highest BCUT2D eigenvalue weighted by molar-refractivity contribution is 5.76. The van der Waals surface area contributed by atoms with Gasteiger partial charge >= 0.3 is 0 Å². The smallest absolute Gasteiger partial charge is 0.224 e. The summed E-state index contributed by atoms with van der Waals surface area (Å²) < 4.78 is 43.0. The van der Waals surface area contributed by atoms with Crippen LogP contribution in [0, 0.1) is 17.5 Å². The lowest BCUT2D eigenvalue weighted by atomic mass is 10.2. The third-order valence-corrected chi connectivity index (χ3v) is 4.12. The van der Waals surface area contributed by atoms with Gasteiger partial charge in [0, 0.05) is 30.6 Å². The number of aliphatic hydroxyl groups is 1. The van der Waals surface area contributed by atoms with Gasteiger partial charge in [0.15, 0.2) is 17.3 Å². The van der Waals surface area contributed by atoms with E-state index in [9.17, 15) is 18.3 Å². The van der Waals surface area contributed by atoms with E-state index in [0.717, 1.165) is 0 Å². The number of fused-ring (bicyclic) bond motifs is 1. The number of hydrogen-bond donors (Lipinski definition) is 4. The number of aromatic nitrogens is 4. The second-order valence-electron chi connectivity index (χ2n) is 7.03. The standard InChI is InChI=1S/C18H22F3N7O/c1-8(2)24-17-23-7-13-16(27-17)28(9(3)4-14(22)29)18(25-13)26-15-11(20)5-10(19)6-12(15)21/h5-9,14,29H,4,22H2,1-3H3,(H,25,26)(H,23,24,27)/t9-,14?/m0/s1. The van der Waals surface area contributed by atoms with Crippen molar-refractivity contribution < 1.29 is 18.3 Å². The molecule has 156 valence electrons. The monoisotopic (exact) mass is 409 g/mol. The third-order valence-electron chi connectivity index (χ3n) is 4.12. The van der Waals surface area contributed by atoms with Crippen LogP contribution in [0.2, 0.25) is 0 Å². The lowest BCUT2D eigenvalue weighted by molar-refractivity contribution is 0.155. The summed E-state index contributed by atoms with van der Waals surface area (Å²) in [4.78, 5) is 12.9. The van der Waals surface area contributed by atoms with Crippen molar-refractivity contribution in [3.05, 3.63) is 35.8 Å². The van der Waals surface area contributed by atoms with Crippen LogP contribution in [0.5, 0.6) is 0 Å². The van der Waals surface area contributed by atoms with Crippen molar-refractivity contribution in [1.82, 2.24) is 19.5 Å². The van der Waals surface area contributed by atoms with Gasteiger partial charge in [0.1, 0.15) is 23.2 Å². The Morgan fingerprint density at radius 2 is 1.79 bits per heavy atom. The molecule has 0 saturated heterocycles. The van der Waals surface area contributed by atoms with Crippen LogP contribution in [0.15, 0.2) is 18.3 Å². The van der Waals surface area contributed by atoms with Gasteiger partial charge in [0.05, 0.1) is 6.20 Å². The zero-order chi connectivity index (χ0) is 21.3. The molecule has 3 rings (SSSR count). The summed E-state index contributed by atoms with van der Waals surface area (Å²) in [5.74, 6) is -2.86. The van der Waals surface area contributed by atoms with E-state index < -0.39 is 35.4 Å². The Morgan fingerprint density at radius 1 is 1.14 bits per heavy atom. The Morgan fingerprint density at radius 3 is 2.38 bits per heavy atom. The summed E-state index contributed by atoms with van der Waals surface area (Å²) in [6.45, 7) is 5.59. The number of nitrogens with zero attached hydrogens (tertiary/aromatic N) is 4. The number of benzene rings is 1. The molecule has 0 amide bonds. The second kappa shape index (κ2) is 8.21. The molecule has 3 aromatic rings. The molecule has 0 aliphatic heterocycles. The summed E-state index contributed by atoms with van der Waals surface area (Å²) >= 11 is 0. The van der Waals surface area contributed by atoms with Crippen molar-refractivity contribution in [2.75, 3.05) is 10.6 Å². The second-order valence-corrected chi connectivity index (χ2v) is 7.03. The molecule has 11 heteroatoms. The fourth-order valence-electron chi connectivity index (χ4n) is 2.95. The lowest BCUT2D eigenvalue weighted by Gasteiger charge is -2.19. The molecule has 8 nitrogen and oxygen atoms in total. The minimum absolute atomic E-state index is 0.0496. The quantitative estimate of drug-likeness (QED) is 0.444. The average molecular weight is 409 g/mol. The lowest BCUT2D eigenvalue weighted by Crippen LogP contribution is -2.24. The van der Waals surface area contributed by atoms with Gasteiger partial charge in [-0.3, -0.25) is 4.57 Å². The van der Waals surface area contributed by atoms with Gasteiger partial charge in [-0.2, -0.15) is 4.98 Å². The van der Waals surface area contributed by atoms with Crippen LogP contribution < -0.4 is 16.4 Å². The first-order chi connectivity index (χ1) is 13.7. The van der Waals surface area contributed by atoms with Crippen molar-refractivity contribution in [2.24, 2.45) is 5.73 Å². The summed E-state index contributed by atoms with van der Waals surface area (Å²) in [6, 6.07) is 0.772. The summed E-state index contributed by atoms with van der Waals surface area (Å²) in [6.07, 6.45) is 0.480. The molecule has 0 aliphatic carbocycles. The number of halogens is 3. The van der Waals surface area contributed by atoms with Gasteiger partial charge in [-0.15, -0.1) is 0 Å².